The number of alkyl halides is 3. The van der Waals surface area contributed by atoms with Crippen LogP contribution in [0.4, 0.5) is 13.2 Å². The highest BCUT2D eigenvalue weighted by atomic mass is 19.4. The number of nitrogens with two attached hydrogens (primary N) is 1. The van der Waals surface area contributed by atoms with E-state index in [4.69, 9.17) is 5.73 Å². The molecule has 1 heterocycles. The molecule has 0 radical (unpaired) electrons. The Labute approximate surface area is 79.9 Å². The van der Waals surface area contributed by atoms with E-state index in [2.05, 4.69) is 4.42 Å². The monoisotopic (exact) mass is 207 g/mol. The molecule has 1 atom stereocenters. The molecule has 1 aromatic rings. The molecule has 1 unspecified atom stereocenters. The summed E-state index contributed by atoms with van der Waals surface area (Å²) in [5.74, 6) is -0.685. The first kappa shape index (κ1) is 11.1. The van der Waals surface area contributed by atoms with Crippen LogP contribution in [0.2, 0.25) is 0 Å². The van der Waals surface area contributed by atoms with Gasteiger partial charge >= 0.3 is 6.18 Å². The standard InChI is InChI=1S/C9H12F3NO/c1-6(4-5-13)7-2-3-8(14-7)9(10,11)12/h2-3,6H,4-5,13H2,1H3. The zero-order chi connectivity index (χ0) is 10.8. The highest BCUT2D eigenvalue weighted by Crippen LogP contribution is 2.32. The normalized spacial score (nSPS) is 14.4. The molecule has 0 spiro atoms. The zero-order valence-corrected chi connectivity index (χ0v) is 7.77. The lowest BCUT2D eigenvalue weighted by Gasteiger charge is -2.06. The van der Waals surface area contributed by atoms with Gasteiger partial charge in [-0.3, -0.25) is 0 Å². The van der Waals surface area contributed by atoms with Crippen molar-refractivity contribution in [2.45, 2.75) is 25.4 Å². The summed E-state index contributed by atoms with van der Waals surface area (Å²) < 4.78 is 41.1. The molecule has 0 aliphatic rings. The fraction of sp³-hybridized carbons (Fsp3) is 0.556. The van der Waals surface area contributed by atoms with Crippen molar-refractivity contribution in [3.05, 3.63) is 23.7 Å². The Balaban J connectivity index is 2.78. The quantitative estimate of drug-likeness (QED) is 0.827. The third kappa shape index (κ3) is 2.51. The summed E-state index contributed by atoms with van der Waals surface area (Å²) >= 11 is 0. The van der Waals surface area contributed by atoms with Crippen molar-refractivity contribution in [3.63, 3.8) is 0 Å². The van der Waals surface area contributed by atoms with Gasteiger partial charge in [-0.1, -0.05) is 6.92 Å². The van der Waals surface area contributed by atoms with Gasteiger partial charge in [0.2, 0.25) is 5.76 Å². The molecule has 14 heavy (non-hydrogen) atoms. The summed E-state index contributed by atoms with van der Waals surface area (Å²) in [5.41, 5.74) is 5.30. The second-order valence-electron chi connectivity index (χ2n) is 3.18. The van der Waals surface area contributed by atoms with Gasteiger partial charge in [-0.05, 0) is 25.1 Å². The van der Waals surface area contributed by atoms with Gasteiger partial charge in [0.05, 0.1) is 0 Å². The van der Waals surface area contributed by atoms with Crippen LogP contribution in [0.1, 0.15) is 30.8 Å². The van der Waals surface area contributed by atoms with Crippen LogP contribution in [0.3, 0.4) is 0 Å². The molecule has 0 amide bonds. The predicted octanol–water partition coefficient (Wildman–Crippen LogP) is 2.75. The molecule has 0 aromatic carbocycles. The van der Waals surface area contributed by atoms with Gasteiger partial charge in [-0.25, -0.2) is 0 Å². The van der Waals surface area contributed by atoms with E-state index < -0.39 is 11.9 Å². The maximum absolute atomic E-state index is 12.1. The maximum Gasteiger partial charge on any atom is 0.449 e. The van der Waals surface area contributed by atoms with Crippen LogP contribution < -0.4 is 5.73 Å². The second-order valence-corrected chi connectivity index (χ2v) is 3.18. The lowest BCUT2D eigenvalue weighted by atomic mass is 10.1. The van der Waals surface area contributed by atoms with Crippen molar-refractivity contribution in [2.75, 3.05) is 6.54 Å². The van der Waals surface area contributed by atoms with E-state index in [-0.39, 0.29) is 5.92 Å². The van der Waals surface area contributed by atoms with E-state index in [0.717, 1.165) is 6.07 Å². The van der Waals surface area contributed by atoms with Gasteiger partial charge in [-0.2, -0.15) is 13.2 Å². The summed E-state index contributed by atoms with van der Waals surface area (Å²) in [6.07, 6.45) is -3.79. The van der Waals surface area contributed by atoms with Gasteiger partial charge in [0.15, 0.2) is 0 Å². The van der Waals surface area contributed by atoms with Crippen molar-refractivity contribution in [1.82, 2.24) is 0 Å². The van der Waals surface area contributed by atoms with Gasteiger partial charge < -0.3 is 10.2 Å². The molecule has 0 saturated heterocycles. The van der Waals surface area contributed by atoms with E-state index >= 15 is 0 Å². The molecule has 0 aliphatic carbocycles. The Morgan fingerprint density at radius 3 is 2.50 bits per heavy atom. The summed E-state index contributed by atoms with van der Waals surface area (Å²) in [4.78, 5) is 0. The molecule has 0 bridgehead atoms. The van der Waals surface area contributed by atoms with Gasteiger partial charge in [0, 0.05) is 5.92 Å². The lowest BCUT2D eigenvalue weighted by molar-refractivity contribution is -0.153. The number of hydrogen-bond acceptors (Lipinski definition) is 2. The molecule has 0 fully saturated rings. The number of halogens is 3. The number of furan rings is 1. The van der Waals surface area contributed by atoms with E-state index in [1.54, 1.807) is 6.92 Å². The molecule has 2 nitrogen and oxygen atoms in total. The largest absolute Gasteiger partial charge is 0.456 e. The van der Waals surface area contributed by atoms with E-state index in [1.807, 2.05) is 0 Å². The van der Waals surface area contributed by atoms with Crippen LogP contribution in [0.15, 0.2) is 16.5 Å². The van der Waals surface area contributed by atoms with Gasteiger partial charge in [0.1, 0.15) is 5.76 Å². The number of hydrogen-bond donors (Lipinski definition) is 1. The molecular formula is C9H12F3NO. The SMILES string of the molecule is CC(CCN)c1ccc(C(F)(F)F)o1. The Hall–Kier alpha value is -0.970. The van der Waals surface area contributed by atoms with Crippen LogP contribution in [-0.4, -0.2) is 6.54 Å². The van der Waals surface area contributed by atoms with Crippen molar-refractivity contribution < 1.29 is 17.6 Å². The van der Waals surface area contributed by atoms with Crippen LogP contribution >= 0.6 is 0 Å². The van der Waals surface area contributed by atoms with Crippen molar-refractivity contribution in [3.8, 4) is 0 Å². The smallest absolute Gasteiger partial charge is 0.449 e. The molecule has 0 saturated carbocycles. The zero-order valence-electron chi connectivity index (χ0n) is 7.77. The Bertz CT molecular complexity index is 292. The maximum atomic E-state index is 12.1. The predicted molar refractivity (Wildman–Crippen MR) is 45.8 cm³/mol. The molecule has 2 N–H and O–H groups in total. The first-order valence-electron chi connectivity index (χ1n) is 4.32. The minimum atomic E-state index is -4.40. The van der Waals surface area contributed by atoms with Gasteiger partial charge in [0.25, 0.3) is 0 Å². The second kappa shape index (κ2) is 4.04. The highest BCUT2D eigenvalue weighted by Gasteiger charge is 2.35. The van der Waals surface area contributed by atoms with E-state index in [9.17, 15) is 13.2 Å². The molecule has 5 heteroatoms. The van der Waals surface area contributed by atoms with Crippen LogP contribution in [-0.2, 0) is 6.18 Å². The van der Waals surface area contributed by atoms with Gasteiger partial charge in [-0.15, -0.1) is 0 Å². The first-order valence-corrected chi connectivity index (χ1v) is 4.32. The topological polar surface area (TPSA) is 39.2 Å². The van der Waals surface area contributed by atoms with Crippen LogP contribution in [0.5, 0.6) is 0 Å². The third-order valence-electron chi connectivity index (χ3n) is 1.99. The first-order chi connectivity index (χ1) is 6.45. The van der Waals surface area contributed by atoms with Crippen molar-refractivity contribution in [1.29, 1.82) is 0 Å². The van der Waals surface area contributed by atoms with Crippen molar-refractivity contribution in [2.24, 2.45) is 5.73 Å². The van der Waals surface area contributed by atoms with Crippen LogP contribution in [0, 0.1) is 0 Å². The molecule has 1 aromatic heterocycles. The lowest BCUT2D eigenvalue weighted by Crippen LogP contribution is -2.04. The van der Waals surface area contributed by atoms with Crippen molar-refractivity contribution >= 4 is 0 Å². The molecule has 0 aliphatic heterocycles. The fourth-order valence-electron chi connectivity index (χ4n) is 1.16. The average molecular weight is 207 g/mol. The Morgan fingerprint density at radius 1 is 1.43 bits per heavy atom. The van der Waals surface area contributed by atoms with E-state index in [1.165, 1.54) is 6.07 Å². The number of rotatable bonds is 3. The summed E-state index contributed by atoms with van der Waals surface area (Å²) in [6.45, 7) is 2.22. The summed E-state index contributed by atoms with van der Waals surface area (Å²) in [6, 6.07) is 2.30. The molecule has 80 valence electrons. The fourth-order valence-corrected chi connectivity index (χ4v) is 1.16. The minimum absolute atomic E-state index is 0.0731. The minimum Gasteiger partial charge on any atom is -0.456 e. The summed E-state index contributed by atoms with van der Waals surface area (Å²) in [5, 5.41) is 0. The Morgan fingerprint density at radius 2 is 2.07 bits per heavy atom. The molecule has 1 rings (SSSR count). The third-order valence-corrected chi connectivity index (χ3v) is 1.99. The van der Waals surface area contributed by atoms with E-state index in [0.29, 0.717) is 18.7 Å². The summed E-state index contributed by atoms with van der Waals surface area (Å²) in [7, 11) is 0. The van der Waals surface area contributed by atoms with Crippen LogP contribution in [0.25, 0.3) is 0 Å². The average Bonchev–Trinajstić information content (AvgIpc) is 2.51. The molecular weight excluding hydrogens is 195 g/mol. The Kier molecular flexibility index (Phi) is 3.21. The highest BCUT2D eigenvalue weighted by molar-refractivity contribution is 5.12.